The van der Waals surface area contributed by atoms with Crippen LogP contribution < -0.4 is 9.47 Å². The number of nitriles is 1. The highest BCUT2D eigenvalue weighted by Gasteiger charge is 2.19. The zero-order valence-corrected chi connectivity index (χ0v) is 11.7. The third-order valence-corrected chi connectivity index (χ3v) is 3.31. The highest BCUT2D eigenvalue weighted by Crippen LogP contribution is 2.38. The van der Waals surface area contributed by atoms with E-state index in [1.54, 1.807) is 14.2 Å². The fraction of sp³-hybridized carbons (Fsp3) is 0.125. The number of fused-ring (bicyclic) bond motifs is 1. The normalized spacial score (nSPS) is 10.3. The molecule has 3 aromatic rings. The first-order valence-electron chi connectivity index (χ1n) is 6.38. The van der Waals surface area contributed by atoms with E-state index in [1.807, 2.05) is 47.0 Å². The van der Waals surface area contributed by atoms with Crippen molar-refractivity contribution in [3.8, 4) is 29.0 Å². The number of hydrogen-bond donors (Lipinski definition) is 0. The van der Waals surface area contributed by atoms with Crippen LogP contribution in [0.15, 0.2) is 42.6 Å². The second-order valence-electron chi connectivity index (χ2n) is 4.39. The lowest BCUT2D eigenvalue weighted by Gasteiger charge is -2.12. The van der Waals surface area contributed by atoms with Crippen LogP contribution in [-0.2, 0) is 0 Å². The van der Waals surface area contributed by atoms with E-state index in [0.29, 0.717) is 23.0 Å². The van der Waals surface area contributed by atoms with Gasteiger partial charge >= 0.3 is 0 Å². The molecule has 0 aliphatic carbocycles. The summed E-state index contributed by atoms with van der Waals surface area (Å²) in [6.07, 6.45) is 1.87. The summed E-state index contributed by atoms with van der Waals surface area (Å²) in [5.41, 5.74) is 1.85. The molecule has 0 fully saturated rings. The van der Waals surface area contributed by atoms with Crippen LogP contribution >= 0.6 is 0 Å². The Bertz CT molecular complexity index is 824. The van der Waals surface area contributed by atoms with Gasteiger partial charge in [-0.05, 0) is 24.3 Å². The molecule has 21 heavy (non-hydrogen) atoms. The number of aromatic nitrogens is 2. The molecule has 0 saturated carbocycles. The van der Waals surface area contributed by atoms with Crippen molar-refractivity contribution < 1.29 is 9.47 Å². The van der Waals surface area contributed by atoms with Gasteiger partial charge in [-0.15, -0.1) is 0 Å². The number of ether oxygens (including phenoxy) is 2. The molecule has 1 aromatic carbocycles. The first kappa shape index (κ1) is 13.0. The largest absolute Gasteiger partial charge is 0.496 e. The molecule has 2 heterocycles. The van der Waals surface area contributed by atoms with Crippen molar-refractivity contribution in [2.24, 2.45) is 0 Å². The van der Waals surface area contributed by atoms with Crippen LogP contribution in [0.1, 0.15) is 5.69 Å². The molecule has 0 bridgehead atoms. The Morgan fingerprint density at radius 2 is 1.76 bits per heavy atom. The summed E-state index contributed by atoms with van der Waals surface area (Å²) in [7, 11) is 3.19. The Kier molecular flexibility index (Phi) is 3.20. The molecule has 3 rings (SSSR count). The number of nitrogens with zero attached hydrogens (tertiary/aromatic N) is 3. The summed E-state index contributed by atoms with van der Waals surface area (Å²) in [5, 5.41) is 9.26. The van der Waals surface area contributed by atoms with Crippen molar-refractivity contribution in [2.75, 3.05) is 14.2 Å². The molecule has 0 spiro atoms. The predicted octanol–water partition coefficient (Wildman–Crippen LogP) is 2.89. The van der Waals surface area contributed by atoms with Gasteiger partial charge in [0.2, 0.25) is 0 Å². The van der Waals surface area contributed by atoms with Gasteiger partial charge in [0, 0.05) is 6.20 Å². The summed E-state index contributed by atoms with van der Waals surface area (Å²) in [6, 6.07) is 13.3. The van der Waals surface area contributed by atoms with Crippen molar-refractivity contribution in [1.29, 1.82) is 5.26 Å². The van der Waals surface area contributed by atoms with Crippen molar-refractivity contribution in [3.63, 3.8) is 0 Å². The molecule has 0 unspecified atom stereocenters. The number of rotatable bonds is 3. The van der Waals surface area contributed by atoms with E-state index in [1.165, 1.54) is 0 Å². The van der Waals surface area contributed by atoms with Crippen molar-refractivity contribution in [2.45, 2.75) is 0 Å². The average Bonchev–Trinajstić information content (AvgIpc) is 2.92. The van der Waals surface area contributed by atoms with Gasteiger partial charge < -0.3 is 9.47 Å². The number of imidazole rings is 1. The predicted molar refractivity (Wildman–Crippen MR) is 78.4 cm³/mol. The molecule has 0 amide bonds. The monoisotopic (exact) mass is 279 g/mol. The Hall–Kier alpha value is -3.00. The number of hydrogen-bond acceptors (Lipinski definition) is 4. The summed E-state index contributed by atoms with van der Waals surface area (Å²) in [5.74, 6) is 1.92. The van der Waals surface area contributed by atoms with Crippen LogP contribution in [0.2, 0.25) is 0 Å². The highest BCUT2D eigenvalue weighted by atomic mass is 16.5. The maximum Gasteiger partial charge on any atom is 0.166 e. The molecule has 0 aliphatic heterocycles. The SMILES string of the molecule is COc1cccc(OC)c1-c1nc(C#N)c2ccccn12. The summed E-state index contributed by atoms with van der Waals surface area (Å²) >= 11 is 0. The van der Waals surface area contributed by atoms with Gasteiger partial charge in [0.1, 0.15) is 23.1 Å². The van der Waals surface area contributed by atoms with Crippen molar-refractivity contribution in [3.05, 3.63) is 48.3 Å². The molecule has 5 nitrogen and oxygen atoms in total. The van der Waals surface area contributed by atoms with Crippen LogP contribution in [0.5, 0.6) is 11.5 Å². The van der Waals surface area contributed by atoms with Crippen LogP contribution in [0, 0.1) is 11.3 Å². The molecule has 104 valence electrons. The second-order valence-corrected chi connectivity index (χ2v) is 4.39. The van der Waals surface area contributed by atoms with E-state index < -0.39 is 0 Å². The van der Waals surface area contributed by atoms with Gasteiger partial charge in [-0.25, -0.2) is 4.98 Å². The molecular formula is C16H13N3O2. The van der Waals surface area contributed by atoms with Gasteiger partial charge in [0.05, 0.1) is 19.7 Å². The molecule has 0 saturated heterocycles. The van der Waals surface area contributed by atoms with Crippen LogP contribution in [0.25, 0.3) is 16.9 Å². The third-order valence-electron chi connectivity index (χ3n) is 3.31. The lowest BCUT2D eigenvalue weighted by molar-refractivity contribution is 0.397. The zero-order valence-electron chi connectivity index (χ0n) is 11.7. The van der Waals surface area contributed by atoms with E-state index in [0.717, 1.165) is 11.1 Å². The van der Waals surface area contributed by atoms with Gasteiger partial charge in [-0.2, -0.15) is 5.26 Å². The maximum atomic E-state index is 9.26. The van der Waals surface area contributed by atoms with Crippen molar-refractivity contribution >= 4 is 5.52 Å². The molecule has 2 aromatic heterocycles. The van der Waals surface area contributed by atoms with Gasteiger partial charge in [-0.3, -0.25) is 4.40 Å². The quantitative estimate of drug-likeness (QED) is 0.739. The molecule has 0 aliphatic rings. The standard InChI is InChI=1S/C16H13N3O2/c1-20-13-7-5-8-14(21-2)15(13)16-18-11(10-17)12-6-3-4-9-19(12)16/h3-9H,1-2H3. The van der Waals surface area contributed by atoms with Crippen LogP contribution in [0.4, 0.5) is 0 Å². The smallest absolute Gasteiger partial charge is 0.166 e. The maximum absolute atomic E-state index is 9.26. The molecule has 0 atom stereocenters. The van der Waals surface area contributed by atoms with Gasteiger partial charge in [0.25, 0.3) is 0 Å². The number of pyridine rings is 1. The summed E-state index contributed by atoms with van der Waals surface area (Å²) < 4.78 is 12.7. The fourth-order valence-corrected chi connectivity index (χ4v) is 2.37. The Morgan fingerprint density at radius 1 is 1.05 bits per heavy atom. The zero-order chi connectivity index (χ0) is 14.8. The number of methoxy groups -OCH3 is 2. The molecule has 0 N–H and O–H groups in total. The Labute approximate surface area is 122 Å². The van der Waals surface area contributed by atoms with Crippen LogP contribution in [0.3, 0.4) is 0 Å². The lowest BCUT2D eigenvalue weighted by Crippen LogP contribution is -1.96. The summed E-state index contributed by atoms with van der Waals surface area (Å²) in [6.45, 7) is 0. The topological polar surface area (TPSA) is 59.5 Å². The van der Waals surface area contributed by atoms with Crippen molar-refractivity contribution in [1.82, 2.24) is 9.38 Å². The van der Waals surface area contributed by atoms with E-state index in [2.05, 4.69) is 11.1 Å². The molecular weight excluding hydrogens is 266 g/mol. The van der Waals surface area contributed by atoms with Gasteiger partial charge in [0.15, 0.2) is 11.5 Å². The summed E-state index contributed by atoms with van der Waals surface area (Å²) in [4.78, 5) is 4.44. The van der Waals surface area contributed by atoms with E-state index in [9.17, 15) is 5.26 Å². The highest BCUT2D eigenvalue weighted by molar-refractivity contribution is 5.76. The van der Waals surface area contributed by atoms with E-state index >= 15 is 0 Å². The first-order chi connectivity index (χ1) is 10.3. The first-order valence-corrected chi connectivity index (χ1v) is 6.38. The minimum Gasteiger partial charge on any atom is -0.496 e. The minimum atomic E-state index is 0.374. The second kappa shape index (κ2) is 5.17. The van der Waals surface area contributed by atoms with E-state index in [4.69, 9.17) is 9.47 Å². The fourth-order valence-electron chi connectivity index (χ4n) is 2.37. The number of benzene rings is 1. The Morgan fingerprint density at radius 3 is 2.38 bits per heavy atom. The van der Waals surface area contributed by atoms with Gasteiger partial charge in [-0.1, -0.05) is 12.1 Å². The third kappa shape index (κ3) is 1.98. The average molecular weight is 279 g/mol. The van der Waals surface area contributed by atoms with E-state index in [-0.39, 0.29) is 0 Å². The molecule has 5 heteroatoms. The minimum absolute atomic E-state index is 0.374. The van der Waals surface area contributed by atoms with Crippen LogP contribution in [-0.4, -0.2) is 23.6 Å². The molecule has 0 radical (unpaired) electrons. The Balaban J connectivity index is 2.39. The lowest BCUT2D eigenvalue weighted by atomic mass is 10.1.